The zero-order valence-electron chi connectivity index (χ0n) is 10.2. The van der Waals surface area contributed by atoms with Gasteiger partial charge in [-0.3, -0.25) is 4.68 Å². The lowest BCUT2D eigenvalue weighted by atomic mass is 10.0. The van der Waals surface area contributed by atoms with Gasteiger partial charge in [0.05, 0.1) is 6.20 Å². The van der Waals surface area contributed by atoms with Gasteiger partial charge in [-0.25, -0.2) is 0 Å². The third kappa shape index (κ3) is 2.93. The van der Waals surface area contributed by atoms with Crippen LogP contribution in [0.2, 0.25) is 0 Å². The van der Waals surface area contributed by atoms with E-state index in [2.05, 4.69) is 37.8 Å². The molecule has 0 aliphatic carbocycles. The van der Waals surface area contributed by atoms with Crippen LogP contribution < -0.4 is 5.32 Å². The molecule has 0 radical (unpaired) electrons. The fourth-order valence-electron chi connectivity index (χ4n) is 1.74. The number of nitrogens with zero attached hydrogens (tertiary/aromatic N) is 2. The minimum Gasteiger partial charge on any atom is -0.310 e. The fourth-order valence-corrected chi connectivity index (χ4v) is 1.74. The highest BCUT2D eigenvalue weighted by Gasteiger charge is 2.15. The second-order valence-corrected chi connectivity index (χ2v) is 4.08. The Morgan fingerprint density at radius 1 is 1.67 bits per heavy atom. The maximum absolute atomic E-state index is 4.27. The Bertz CT molecular complexity index is 339. The van der Waals surface area contributed by atoms with Gasteiger partial charge < -0.3 is 5.32 Å². The van der Waals surface area contributed by atoms with Gasteiger partial charge in [-0.15, -0.1) is 6.58 Å². The molecule has 0 amide bonds. The van der Waals surface area contributed by atoms with E-state index in [4.69, 9.17) is 0 Å². The first-order valence-corrected chi connectivity index (χ1v) is 5.42. The van der Waals surface area contributed by atoms with Gasteiger partial charge in [-0.2, -0.15) is 5.10 Å². The van der Waals surface area contributed by atoms with Crippen LogP contribution in [0.5, 0.6) is 0 Å². The second-order valence-electron chi connectivity index (χ2n) is 4.08. The summed E-state index contributed by atoms with van der Waals surface area (Å²) in [5, 5.41) is 7.74. The van der Waals surface area contributed by atoms with Crippen LogP contribution in [0.15, 0.2) is 18.3 Å². The molecule has 0 aliphatic heterocycles. The van der Waals surface area contributed by atoms with E-state index < -0.39 is 0 Å². The van der Waals surface area contributed by atoms with E-state index in [9.17, 15) is 0 Å². The summed E-state index contributed by atoms with van der Waals surface area (Å²) >= 11 is 0. The molecule has 0 saturated carbocycles. The summed E-state index contributed by atoms with van der Waals surface area (Å²) in [4.78, 5) is 0. The lowest BCUT2D eigenvalue weighted by molar-refractivity contribution is 0.544. The average molecular weight is 207 g/mol. The zero-order chi connectivity index (χ0) is 11.4. The van der Waals surface area contributed by atoms with Crippen LogP contribution in [-0.2, 0) is 7.05 Å². The summed E-state index contributed by atoms with van der Waals surface area (Å²) in [5.41, 5.74) is 3.70. The molecule has 0 saturated heterocycles. The highest BCUT2D eigenvalue weighted by Crippen LogP contribution is 2.22. The molecular formula is C12H21N3. The SMILES string of the molecule is C=C(C)CC(NCC)c1cnn(C)c1C. The molecule has 0 aliphatic rings. The Hall–Kier alpha value is -1.09. The van der Waals surface area contributed by atoms with E-state index in [0.29, 0.717) is 6.04 Å². The minimum atomic E-state index is 0.348. The molecular weight excluding hydrogens is 186 g/mol. The van der Waals surface area contributed by atoms with Crippen molar-refractivity contribution >= 4 is 0 Å². The van der Waals surface area contributed by atoms with Gasteiger partial charge in [-0.05, 0) is 26.8 Å². The summed E-state index contributed by atoms with van der Waals surface area (Å²) in [7, 11) is 1.97. The van der Waals surface area contributed by atoms with Crippen LogP contribution in [0.3, 0.4) is 0 Å². The van der Waals surface area contributed by atoms with E-state index in [1.54, 1.807) is 0 Å². The maximum Gasteiger partial charge on any atom is 0.0540 e. The van der Waals surface area contributed by atoms with E-state index >= 15 is 0 Å². The van der Waals surface area contributed by atoms with E-state index in [0.717, 1.165) is 13.0 Å². The topological polar surface area (TPSA) is 29.9 Å². The lowest BCUT2D eigenvalue weighted by Crippen LogP contribution is -2.21. The van der Waals surface area contributed by atoms with Crippen molar-refractivity contribution in [3.05, 3.63) is 29.6 Å². The number of aromatic nitrogens is 2. The predicted octanol–water partition coefficient (Wildman–Crippen LogP) is 2.35. The molecule has 15 heavy (non-hydrogen) atoms. The lowest BCUT2D eigenvalue weighted by Gasteiger charge is -2.17. The number of hydrogen-bond acceptors (Lipinski definition) is 2. The molecule has 1 N–H and O–H groups in total. The Labute approximate surface area is 92.2 Å². The van der Waals surface area contributed by atoms with E-state index in [1.165, 1.54) is 16.8 Å². The Morgan fingerprint density at radius 2 is 2.33 bits per heavy atom. The summed E-state index contributed by atoms with van der Waals surface area (Å²) in [6.45, 7) is 11.2. The normalized spacial score (nSPS) is 12.8. The second kappa shape index (κ2) is 5.12. The smallest absolute Gasteiger partial charge is 0.0540 e. The summed E-state index contributed by atoms with van der Waals surface area (Å²) in [5.74, 6) is 0. The number of aryl methyl sites for hydroxylation is 1. The zero-order valence-corrected chi connectivity index (χ0v) is 10.2. The molecule has 0 aromatic carbocycles. The van der Waals surface area contributed by atoms with Crippen LogP contribution >= 0.6 is 0 Å². The van der Waals surface area contributed by atoms with Gasteiger partial charge in [0.2, 0.25) is 0 Å². The third-order valence-corrected chi connectivity index (χ3v) is 2.65. The van der Waals surface area contributed by atoms with Gasteiger partial charge >= 0.3 is 0 Å². The Morgan fingerprint density at radius 3 is 2.73 bits per heavy atom. The van der Waals surface area contributed by atoms with Gasteiger partial charge in [-0.1, -0.05) is 12.5 Å². The van der Waals surface area contributed by atoms with Crippen molar-refractivity contribution < 1.29 is 0 Å². The molecule has 1 unspecified atom stereocenters. The van der Waals surface area contributed by atoms with E-state index in [-0.39, 0.29) is 0 Å². The van der Waals surface area contributed by atoms with Crippen LogP contribution in [-0.4, -0.2) is 16.3 Å². The summed E-state index contributed by atoms with van der Waals surface area (Å²) in [6.07, 6.45) is 2.92. The van der Waals surface area contributed by atoms with Gasteiger partial charge in [0.25, 0.3) is 0 Å². The first-order chi connectivity index (χ1) is 7.06. The molecule has 3 heteroatoms. The third-order valence-electron chi connectivity index (χ3n) is 2.65. The summed E-state index contributed by atoms with van der Waals surface area (Å²) in [6, 6.07) is 0.348. The molecule has 1 aromatic rings. The van der Waals surface area contributed by atoms with Crippen molar-refractivity contribution in [2.45, 2.75) is 33.2 Å². The fraction of sp³-hybridized carbons (Fsp3) is 0.583. The molecule has 0 spiro atoms. The standard InChI is InChI=1S/C12H21N3/c1-6-13-12(7-9(2)3)11-8-14-15(5)10(11)4/h8,12-13H,2,6-7H2,1,3-5H3. The molecule has 1 aromatic heterocycles. The maximum atomic E-state index is 4.27. The molecule has 3 nitrogen and oxygen atoms in total. The quantitative estimate of drug-likeness (QED) is 0.751. The monoisotopic (exact) mass is 207 g/mol. The Kier molecular flexibility index (Phi) is 4.09. The van der Waals surface area contributed by atoms with E-state index in [1.807, 2.05) is 17.9 Å². The molecule has 0 bridgehead atoms. The van der Waals surface area contributed by atoms with Crippen molar-refractivity contribution in [3.63, 3.8) is 0 Å². The van der Waals surface area contributed by atoms with Crippen LogP contribution in [0, 0.1) is 6.92 Å². The van der Waals surface area contributed by atoms with Crippen LogP contribution in [0.1, 0.15) is 37.6 Å². The predicted molar refractivity (Wildman–Crippen MR) is 63.8 cm³/mol. The van der Waals surface area contributed by atoms with Gasteiger partial charge in [0.1, 0.15) is 0 Å². The van der Waals surface area contributed by atoms with Crippen molar-refractivity contribution in [2.24, 2.45) is 7.05 Å². The average Bonchev–Trinajstić information content (AvgIpc) is 2.46. The largest absolute Gasteiger partial charge is 0.310 e. The highest BCUT2D eigenvalue weighted by molar-refractivity contribution is 5.22. The molecule has 1 atom stereocenters. The number of hydrogen-bond donors (Lipinski definition) is 1. The summed E-state index contributed by atoms with van der Waals surface area (Å²) < 4.78 is 1.91. The highest BCUT2D eigenvalue weighted by atomic mass is 15.3. The molecule has 1 rings (SSSR count). The van der Waals surface area contributed by atoms with Crippen molar-refractivity contribution in [1.82, 2.24) is 15.1 Å². The van der Waals surface area contributed by atoms with Gasteiger partial charge in [0, 0.05) is 24.3 Å². The molecule has 1 heterocycles. The van der Waals surface area contributed by atoms with Crippen LogP contribution in [0.25, 0.3) is 0 Å². The number of rotatable bonds is 5. The molecule has 0 fully saturated rings. The first-order valence-electron chi connectivity index (χ1n) is 5.42. The molecule has 84 valence electrons. The van der Waals surface area contributed by atoms with Crippen molar-refractivity contribution in [2.75, 3.05) is 6.54 Å². The Balaban J connectivity index is 2.88. The van der Waals surface area contributed by atoms with Crippen molar-refractivity contribution in [1.29, 1.82) is 0 Å². The first kappa shape index (κ1) is 12.0. The van der Waals surface area contributed by atoms with Crippen molar-refractivity contribution in [3.8, 4) is 0 Å². The van der Waals surface area contributed by atoms with Crippen LogP contribution in [0.4, 0.5) is 0 Å². The van der Waals surface area contributed by atoms with Gasteiger partial charge in [0.15, 0.2) is 0 Å². The minimum absolute atomic E-state index is 0.348. The number of nitrogens with one attached hydrogen (secondary N) is 1.